The van der Waals surface area contributed by atoms with Crippen molar-refractivity contribution in [2.45, 2.75) is 13.8 Å². The third-order valence-electron chi connectivity index (χ3n) is 2.74. The minimum absolute atomic E-state index is 0.477. The van der Waals surface area contributed by atoms with E-state index in [1.54, 1.807) is 18.2 Å². The van der Waals surface area contributed by atoms with Gasteiger partial charge in [0.1, 0.15) is 5.76 Å². The second-order valence-corrected chi connectivity index (χ2v) is 4.49. The highest BCUT2D eigenvalue weighted by molar-refractivity contribution is 6.39. The molecular weight excluding hydrogens is 270 g/mol. The summed E-state index contributed by atoms with van der Waals surface area (Å²) in [6.07, 6.45) is 2.79. The third-order valence-corrected chi connectivity index (χ3v) is 2.74. The molecular formula is C15H15N3O3. The van der Waals surface area contributed by atoms with Crippen molar-refractivity contribution in [2.24, 2.45) is 5.10 Å². The summed E-state index contributed by atoms with van der Waals surface area (Å²) in [5.74, 6) is -1.15. The molecule has 0 spiro atoms. The number of hydrogen-bond acceptors (Lipinski definition) is 4. The fraction of sp³-hybridized carbons (Fsp3) is 0.133. The Morgan fingerprint density at radius 1 is 1.19 bits per heavy atom. The molecule has 0 saturated carbocycles. The summed E-state index contributed by atoms with van der Waals surface area (Å²) in [5, 5.41) is 6.17. The van der Waals surface area contributed by atoms with Gasteiger partial charge in [-0.05, 0) is 37.6 Å². The van der Waals surface area contributed by atoms with Crippen molar-refractivity contribution in [3.05, 3.63) is 53.5 Å². The number of hydrogen-bond donors (Lipinski definition) is 2. The number of anilines is 1. The van der Waals surface area contributed by atoms with Crippen molar-refractivity contribution in [1.29, 1.82) is 0 Å². The summed E-state index contributed by atoms with van der Waals surface area (Å²) in [6, 6.07) is 8.89. The maximum atomic E-state index is 11.7. The predicted octanol–water partition coefficient (Wildman–Crippen LogP) is 1.99. The Labute approximate surface area is 121 Å². The quantitative estimate of drug-likeness (QED) is 0.514. The van der Waals surface area contributed by atoms with Gasteiger partial charge in [-0.25, -0.2) is 5.43 Å². The molecule has 2 rings (SSSR count). The average molecular weight is 285 g/mol. The second-order valence-electron chi connectivity index (χ2n) is 4.49. The fourth-order valence-electron chi connectivity index (χ4n) is 1.70. The smallest absolute Gasteiger partial charge is 0.329 e. The summed E-state index contributed by atoms with van der Waals surface area (Å²) < 4.78 is 5.00. The largest absolute Gasteiger partial charge is 0.463 e. The van der Waals surface area contributed by atoms with E-state index in [1.165, 1.54) is 12.5 Å². The molecule has 0 aliphatic heterocycles. The first-order valence-corrected chi connectivity index (χ1v) is 6.31. The molecule has 0 unspecified atom stereocenters. The Hall–Kier alpha value is -2.89. The second kappa shape index (κ2) is 6.51. The van der Waals surface area contributed by atoms with E-state index in [0.29, 0.717) is 11.4 Å². The summed E-state index contributed by atoms with van der Waals surface area (Å²) in [5.41, 5.74) is 4.69. The lowest BCUT2D eigenvalue weighted by Crippen LogP contribution is -2.32. The van der Waals surface area contributed by atoms with Crippen molar-refractivity contribution in [2.75, 3.05) is 5.32 Å². The minimum Gasteiger partial charge on any atom is -0.463 e. The van der Waals surface area contributed by atoms with Gasteiger partial charge < -0.3 is 9.73 Å². The van der Waals surface area contributed by atoms with Gasteiger partial charge in [0.05, 0.1) is 12.5 Å². The molecule has 0 atom stereocenters. The Morgan fingerprint density at radius 3 is 2.67 bits per heavy atom. The number of amides is 2. The monoisotopic (exact) mass is 285 g/mol. The molecule has 0 aliphatic carbocycles. The topological polar surface area (TPSA) is 83.7 Å². The Balaban J connectivity index is 1.92. The van der Waals surface area contributed by atoms with Crippen LogP contribution in [0.25, 0.3) is 0 Å². The summed E-state index contributed by atoms with van der Waals surface area (Å²) in [4.78, 5) is 23.3. The van der Waals surface area contributed by atoms with Crippen molar-refractivity contribution in [1.82, 2.24) is 5.43 Å². The standard InChI is InChI=1S/C15H15N3O3/c1-10-5-6-13(11(2)8-10)17-14(19)15(20)18-16-9-12-4-3-7-21-12/h3-9H,1-2H3,(H,17,19)(H,18,20). The van der Waals surface area contributed by atoms with Crippen molar-refractivity contribution < 1.29 is 14.0 Å². The molecule has 2 aromatic rings. The van der Waals surface area contributed by atoms with Gasteiger partial charge in [-0.15, -0.1) is 0 Å². The van der Waals surface area contributed by atoms with Crippen LogP contribution in [0, 0.1) is 13.8 Å². The maximum Gasteiger partial charge on any atom is 0.329 e. The van der Waals surface area contributed by atoms with Crippen molar-refractivity contribution in [3.63, 3.8) is 0 Å². The molecule has 1 aromatic heterocycles. The van der Waals surface area contributed by atoms with Gasteiger partial charge in [0.25, 0.3) is 0 Å². The van der Waals surface area contributed by atoms with Crippen LogP contribution in [0.5, 0.6) is 0 Å². The lowest BCUT2D eigenvalue weighted by Gasteiger charge is -2.07. The van der Waals surface area contributed by atoms with Gasteiger partial charge in [-0.3, -0.25) is 9.59 Å². The van der Waals surface area contributed by atoms with E-state index in [4.69, 9.17) is 4.42 Å². The van der Waals surface area contributed by atoms with E-state index < -0.39 is 11.8 Å². The molecule has 0 bridgehead atoms. The van der Waals surface area contributed by atoms with Gasteiger partial charge in [-0.2, -0.15) is 5.10 Å². The molecule has 0 aliphatic rings. The van der Waals surface area contributed by atoms with Crippen molar-refractivity contribution in [3.8, 4) is 0 Å². The van der Waals surface area contributed by atoms with E-state index in [-0.39, 0.29) is 0 Å². The molecule has 1 heterocycles. The third kappa shape index (κ3) is 4.04. The van der Waals surface area contributed by atoms with E-state index in [9.17, 15) is 9.59 Å². The van der Waals surface area contributed by atoms with Crippen LogP contribution >= 0.6 is 0 Å². The van der Waals surface area contributed by atoms with Gasteiger partial charge >= 0.3 is 11.8 Å². The highest BCUT2D eigenvalue weighted by Gasteiger charge is 2.13. The molecule has 0 radical (unpaired) electrons. The summed E-state index contributed by atoms with van der Waals surface area (Å²) in [7, 11) is 0. The molecule has 2 N–H and O–H groups in total. The Kier molecular flexibility index (Phi) is 4.50. The highest BCUT2D eigenvalue weighted by Crippen LogP contribution is 2.15. The zero-order valence-corrected chi connectivity index (χ0v) is 11.7. The zero-order valence-electron chi connectivity index (χ0n) is 11.7. The molecule has 108 valence electrons. The Bertz CT molecular complexity index is 675. The Morgan fingerprint density at radius 2 is 2.00 bits per heavy atom. The lowest BCUT2D eigenvalue weighted by atomic mass is 10.1. The lowest BCUT2D eigenvalue weighted by molar-refractivity contribution is -0.136. The molecule has 2 amide bonds. The van der Waals surface area contributed by atoms with Crippen molar-refractivity contribution >= 4 is 23.7 Å². The molecule has 0 saturated heterocycles. The molecule has 21 heavy (non-hydrogen) atoms. The van der Waals surface area contributed by atoms with E-state index in [2.05, 4.69) is 15.8 Å². The molecule has 1 aromatic carbocycles. The number of hydrazone groups is 1. The fourth-order valence-corrected chi connectivity index (χ4v) is 1.70. The van der Waals surface area contributed by atoms with Gasteiger partial charge in [0.2, 0.25) is 0 Å². The van der Waals surface area contributed by atoms with Gasteiger partial charge in [0, 0.05) is 5.69 Å². The van der Waals surface area contributed by atoms with E-state index in [0.717, 1.165) is 11.1 Å². The SMILES string of the molecule is Cc1ccc(NC(=O)C(=O)NN=Cc2ccco2)c(C)c1. The summed E-state index contributed by atoms with van der Waals surface area (Å²) in [6.45, 7) is 3.81. The van der Waals surface area contributed by atoms with Crippen LogP contribution in [0.2, 0.25) is 0 Å². The van der Waals surface area contributed by atoms with Crippen LogP contribution in [0.1, 0.15) is 16.9 Å². The first kappa shape index (κ1) is 14.5. The number of nitrogens with one attached hydrogen (secondary N) is 2. The number of rotatable bonds is 3. The number of nitrogens with zero attached hydrogens (tertiary/aromatic N) is 1. The van der Waals surface area contributed by atoms with Crippen LogP contribution < -0.4 is 10.7 Å². The van der Waals surface area contributed by atoms with Crippen LogP contribution in [0.15, 0.2) is 46.1 Å². The van der Waals surface area contributed by atoms with Gasteiger partial charge in [-0.1, -0.05) is 17.7 Å². The van der Waals surface area contributed by atoms with Crippen LogP contribution in [-0.4, -0.2) is 18.0 Å². The number of carbonyl (C=O) groups is 2. The summed E-state index contributed by atoms with van der Waals surface area (Å²) >= 11 is 0. The number of benzene rings is 1. The van der Waals surface area contributed by atoms with Crippen LogP contribution in [0.3, 0.4) is 0 Å². The molecule has 6 nitrogen and oxygen atoms in total. The number of aryl methyl sites for hydroxylation is 2. The minimum atomic E-state index is -0.849. The highest BCUT2D eigenvalue weighted by atomic mass is 16.3. The molecule has 6 heteroatoms. The first-order valence-electron chi connectivity index (χ1n) is 6.31. The maximum absolute atomic E-state index is 11.7. The normalized spacial score (nSPS) is 10.6. The van der Waals surface area contributed by atoms with Crippen LogP contribution in [0.4, 0.5) is 5.69 Å². The average Bonchev–Trinajstić information content (AvgIpc) is 2.95. The predicted molar refractivity (Wildman–Crippen MR) is 79.0 cm³/mol. The molecule has 0 fully saturated rings. The first-order chi connectivity index (χ1) is 10.1. The van der Waals surface area contributed by atoms with Crippen LogP contribution in [-0.2, 0) is 9.59 Å². The van der Waals surface area contributed by atoms with Gasteiger partial charge in [0.15, 0.2) is 0 Å². The number of furan rings is 1. The van der Waals surface area contributed by atoms with E-state index >= 15 is 0 Å². The zero-order chi connectivity index (χ0) is 15.2. The number of carbonyl (C=O) groups excluding carboxylic acids is 2. The van der Waals surface area contributed by atoms with E-state index in [1.807, 2.05) is 26.0 Å².